The molecule has 0 radical (unpaired) electrons. The van der Waals surface area contributed by atoms with E-state index < -0.39 is 0 Å². The largest absolute Gasteiger partial charge is 0.311 e. The number of hydrogen-bond acceptors (Lipinski definition) is 3. The maximum Gasteiger partial charge on any atom is 0.222 e. The molecule has 3 aromatic rings. The van der Waals surface area contributed by atoms with E-state index in [1.807, 2.05) is 18.2 Å². The highest BCUT2D eigenvalue weighted by Crippen LogP contribution is 2.28. The van der Waals surface area contributed by atoms with Crippen molar-refractivity contribution >= 4 is 56.1 Å². The lowest BCUT2D eigenvalue weighted by Crippen LogP contribution is -2.07. The maximum absolute atomic E-state index is 11.1. The van der Waals surface area contributed by atoms with Gasteiger partial charge in [-0.15, -0.1) is 0 Å². The second-order valence-electron chi connectivity index (χ2n) is 4.21. The van der Waals surface area contributed by atoms with Crippen LogP contribution in [0.15, 0.2) is 36.5 Å². The van der Waals surface area contributed by atoms with E-state index in [9.17, 15) is 4.79 Å². The molecule has 0 aliphatic heterocycles. The lowest BCUT2D eigenvalue weighted by atomic mass is 10.1. The van der Waals surface area contributed by atoms with Crippen molar-refractivity contribution in [1.82, 2.24) is 9.97 Å². The molecule has 1 aromatic carbocycles. The highest BCUT2D eigenvalue weighted by molar-refractivity contribution is 14.1. The molecule has 1 amide bonds. The summed E-state index contributed by atoms with van der Waals surface area (Å²) in [5, 5.41) is 4.79. The number of pyridine rings is 2. The number of rotatable bonds is 1. The number of benzene rings is 1. The van der Waals surface area contributed by atoms with Crippen LogP contribution >= 0.6 is 22.6 Å². The molecular weight excluding hydrogens is 353 g/mol. The van der Waals surface area contributed by atoms with Crippen LogP contribution in [0.25, 0.3) is 21.8 Å². The zero-order valence-electron chi connectivity index (χ0n) is 10.1. The molecular formula is C14H10IN3O. The first-order valence-corrected chi connectivity index (χ1v) is 6.84. The van der Waals surface area contributed by atoms with Gasteiger partial charge in [0.15, 0.2) is 0 Å². The minimum Gasteiger partial charge on any atom is -0.311 e. The van der Waals surface area contributed by atoms with Gasteiger partial charge in [0.1, 0.15) is 5.82 Å². The number of fused-ring (bicyclic) bond motifs is 3. The maximum atomic E-state index is 11.1. The van der Waals surface area contributed by atoms with Crippen molar-refractivity contribution in [2.24, 2.45) is 0 Å². The second-order valence-corrected chi connectivity index (χ2v) is 5.37. The molecule has 0 unspecified atom stereocenters. The first-order valence-electron chi connectivity index (χ1n) is 5.77. The Hall–Kier alpha value is -1.76. The van der Waals surface area contributed by atoms with Crippen molar-refractivity contribution in [3.05, 3.63) is 40.1 Å². The molecule has 19 heavy (non-hydrogen) atoms. The lowest BCUT2D eigenvalue weighted by molar-refractivity contribution is -0.114. The van der Waals surface area contributed by atoms with Gasteiger partial charge in [-0.25, -0.2) is 4.98 Å². The summed E-state index contributed by atoms with van der Waals surface area (Å²) < 4.78 is 1.12. The lowest BCUT2D eigenvalue weighted by Gasteiger charge is -2.07. The molecule has 2 aromatic heterocycles. The molecule has 0 spiro atoms. The average Bonchev–Trinajstić information content (AvgIpc) is 2.38. The predicted molar refractivity (Wildman–Crippen MR) is 84.1 cm³/mol. The van der Waals surface area contributed by atoms with Crippen molar-refractivity contribution in [2.45, 2.75) is 6.92 Å². The van der Waals surface area contributed by atoms with Gasteiger partial charge in [-0.1, -0.05) is 6.07 Å². The third kappa shape index (κ3) is 2.25. The zero-order chi connectivity index (χ0) is 13.4. The summed E-state index contributed by atoms with van der Waals surface area (Å²) >= 11 is 2.29. The molecule has 4 nitrogen and oxygen atoms in total. The third-order valence-corrected chi connectivity index (χ3v) is 3.69. The Morgan fingerprint density at radius 3 is 2.89 bits per heavy atom. The number of hydrogen-bond donors (Lipinski definition) is 1. The summed E-state index contributed by atoms with van der Waals surface area (Å²) in [7, 11) is 0. The number of carbonyl (C=O) groups is 1. The van der Waals surface area contributed by atoms with E-state index in [1.54, 1.807) is 12.3 Å². The van der Waals surface area contributed by atoms with Gasteiger partial charge < -0.3 is 5.32 Å². The fraction of sp³-hybridized carbons (Fsp3) is 0.0714. The molecule has 0 fully saturated rings. The smallest absolute Gasteiger partial charge is 0.222 e. The van der Waals surface area contributed by atoms with Gasteiger partial charge in [0.25, 0.3) is 0 Å². The first-order chi connectivity index (χ1) is 9.15. The van der Waals surface area contributed by atoms with Crippen LogP contribution in [-0.2, 0) is 4.79 Å². The molecule has 5 heteroatoms. The third-order valence-electron chi connectivity index (χ3n) is 2.80. The highest BCUT2D eigenvalue weighted by Gasteiger charge is 2.08. The van der Waals surface area contributed by atoms with E-state index >= 15 is 0 Å². The molecule has 0 bridgehead atoms. The first kappa shape index (κ1) is 12.3. The number of anilines is 1. The van der Waals surface area contributed by atoms with Gasteiger partial charge in [-0.05, 0) is 46.9 Å². The highest BCUT2D eigenvalue weighted by atomic mass is 127. The van der Waals surface area contributed by atoms with Gasteiger partial charge in [0, 0.05) is 27.5 Å². The van der Waals surface area contributed by atoms with Crippen molar-refractivity contribution in [3.8, 4) is 0 Å². The Bertz CT molecular complexity index is 801. The SMILES string of the molecule is CC(=O)Nc1ccc2c(I)cc3cccnc3c2n1. The molecule has 0 aliphatic rings. The molecule has 0 saturated heterocycles. The van der Waals surface area contributed by atoms with E-state index in [2.05, 4.69) is 43.9 Å². The topological polar surface area (TPSA) is 54.9 Å². The number of amides is 1. The van der Waals surface area contributed by atoms with Gasteiger partial charge in [0.2, 0.25) is 5.91 Å². The molecule has 3 rings (SSSR count). The van der Waals surface area contributed by atoms with Gasteiger partial charge in [-0.3, -0.25) is 9.78 Å². The van der Waals surface area contributed by atoms with Crippen LogP contribution in [0.4, 0.5) is 5.82 Å². The molecule has 94 valence electrons. The van der Waals surface area contributed by atoms with E-state index in [1.165, 1.54) is 6.92 Å². The molecule has 0 atom stereocenters. The quantitative estimate of drug-likeness (QED) is 0.533. The minimum absolute atomic E-state index is 0.130. The Morgan fingerprint density at radius 2 is 2.11 bits per heavy atom. The Balaban J connectivity index is 2.35. The van der Waals surface area contributed by atoms with Crippen molar-refractivity contribution < 1.29 is 4.79 Å². The molecule has 1 N–H and O–H groups in total. The predicted octanol–water partition coefficient (Wildman–Crippen LogP) is 3.35. The Morgan fingerprint density at radius 1 is 1.26 bits per heavy atom. The van der Waals surface area contributed by atoms with Crippen LogP contribution in [0.2, 0.25) is 0 Å². The van der Waals surface area contributed by atoms with Crippen LogP contribution in [0.3, 0.4) is 0 Å². The normalized spacial score (nSPS) is 10.8. The van der Waals surface area contributed by atoms with Gasteiger partial charge in [-0.2, -0.15) is 0 Å². The van der Waals surface area contributed by atoms with Crippen molar-refractivity contribution in [3.63, 3.8) is 0 Å². The minimum atomic E-state index is -0.130. The van der Waals surface area contributed by atoms with E-state index in [0.29, 0.717) is 5.82 Å². The summed E-state index contributed by atoms with van der Waals surface area (Å²) in [6.45, 7) is 1.47. The standard InChI is InChI=1S/C14H10IN3O/c1-8(19)17-12-5-4-10-11(15)7-9-3-2-6-16-13(9)14(10)18-12/h2-7H,1H3,(H,17,18,19). The Kier molecular flexibility index (Phi) is 3.06. The number of aromatic nitrogens is 2. The van der Waals surface area contributed by atoms with Crippen LogP contribution in [-0.4, -0.2) is 15.9 Å². The van der Waals surface area contributed by atoms with Crippen LogP contribution < -0.4 is 5.32 Å². The number of carbonyl (C=O) groups excluding carboxylic acids is 1. The number of halogens is 1. The summed E-state index contributed by atoms with van der Waals surface area (Å²) in [5.41, 5.74) is 1.67. The van der Waals surface area contributed by atoms with Crippen LogP contribution in [0.5, 0.6) is 0 Å². The van der Waals surface area contributed by atoms with Crippen LogP contribution in [0, 0.1) is 3.57 Å². The molecule has 0 saturated carbocycles. The van der Waals surface area contributed by atoms with Crippen LogP contribution in [0.1, 0.15) is 6.92 Å². The summed E-state index contributed by atoms with van der Waals surface area (Å²) in [5.74, 6) is 0.420. The molecule has 0 aliphatic carbocycles. The zero-order valence-corrected chi connectivity index (χ0v) is 12.3. The van der Waals surface area contributed by atoms with Gasteiger partial charge >= 0.3 is 0 Å². The molecule has 2 heterocycles. The van der Waals surface area contributed by atoms with E-state index in [-0.39, 0.29) is 5.91 Å². The summed E-state index contributed by atoms with van der Waals surface area (Å²) in [6, 6.07) is 9.77. The van der Waals surface area contributed by atoms with Crippen molar-refractivity contribution in [1.29, 1.82) is 0 Å². The fourth-order valence-corrected chi connectivity index (χ4v) is 2.80. The monoisotopic (exact) mass is 363 g/mol. The number of nitrogens with zero attached hydrogens (tertiary/aromatic N) is 2. The Labute approximate surface area is 123 Å². The van der Waals surface area contributed by atoms with E-state index in [0.717, 1.165) is 25.4 Å². The second kappa shape index (κ2) is 4.73. The van der Waals surface area contributed by atoms with Crippen molar-refractivity contribution in [2.75, 3.05) is 5.32 Å². The summed E-state index contributed by atoms with van der Waals surface area (Å²) in [6.07, 6.45) is 1.75. The summed E-state index contributed by atoms with van der Waals surface area (Å²) in [4.78, 5) is 20.0. The fourth-order valence-electron chi connectivity index (χ4n) is 2.03. The average molecular weight is 363 g/mol. The number of nitrogens with one attached hydrogen (secondary N) is 1. The van der Waals surface area contributed by atoms with E-state index in [4.69, 9.17) is 0 Å². The van der Waals surface area contributed by atoms with Gasteiger partial charge in [0.05, 0.1) is 11.0 Å².